The molecule has 1 fully saturated rings. The molecule has 0 heterocycles. The fourth-order valence-electron chi connectivity index (χ4n) is 2.20. The molecule has 0 bridgehead atoms. The van der Waals surface area contributed by atoms with E-state index >= 15 is 0 Å². The number of carboxylic acids is 1. The number of aliphatic carboxylic acids is 1. The quantitative estimate of drug-likeness (QED) is 0.681. The maximum Gasteiger partial charge on any atom is 0.307 e. The van der Waals surface area contributed by atoms with Crippen molar-refractivity contribution in [3.8, 4) is 0 Å². The lowest BCUT2D eigenvalue weighted by Gasteiger charge is -2.27. The van der Waals surface area contributed by atoms with Gasteiger partial charge in [-0.25, -0.2) is 0 Å². The first-order chi connectivity index (χ1) is 7.13. The van der Waals surface area contributed by atoms with Gasteiger partial charge in [-0.1, -0.05) is 39.0 Å². The molecule has 1 saturated carbocycles. The van der Waals surface area contributed by atoms with Crippen LogP contribution in [-0.4, -0.2) is 17.6 Å². The third kappa shape index (κ3) is 4.20. The maximum atomic E-state index is 10.8. The summed E-state index contributed by atoms with van der Waals surface area (Å²) in [7, 11) is 0. The zero-order valence-electron chi connectivity index (χ0n) is 9.61. The van der Waals surface area contributed by atoms with E-state index in [1.54, 1.807) is 0 Å². The Hall–Kier alpha value is -0.570. The van der Waals surface area contributed by atoms with Crippen molar-refractivity contribution >= 4 is 5.97 Å². The van der Waals surface area contributed by atoms with Crippen molar-refractivity contribution in [3.63, 3.8) is 0 Å². The van der Waals surface area contributed by atoms with Gasteiger partial charge in [-0.05, 0) is 18.3 Å². The molecule has 1 rings (SSSR count). The van der Waals surface area contributed by atoms with Crippen molar-refractivity contribution < 1.29 is 9.90 Å². The number of rotatable bonds is 7. The van der Waals surface area contributed by atoms with Crippen LogP contribution < -0.4 is 5.73 Å². The number of carbonyl (C=O) groups is 1. The number of carboxylic acid groups (broad SMARTS) is 1. The lowest BCUT2D eigenvalue weighted by molar-refractivity contribution is -0.141. The molecule has 1 aliphatic carbocycles. The highest BCUT2D eigenvalue weighted by atomic mass is 16.4. The topological polar surface area (TPSA) is 63.3 Å². The van der Waals surface area contributed by atoms with Crippen LogP contribution in [0.1, 0.15) is 45.4 Å². The van der Waals surface area contributed by atoms with E-state index in [9.17, 15) is 4.79 Å². The van der Waals surface area contributed by atoms with Gasteiger partial charge < -0.3 is 10.8 Å². The van der Waals surface area contributed by atoms with E-state index in [0.717, 1.165) is 18.8 Å². The molecule has 1 aliphatic rings. The minimum Gasteiger partial charge on any atom is -0.481 e. The van der Waals surface area contributed by atoms with Crippen LogP contribution in [0.15, 0.2) is 0 Å². The van der Waals surface area contributed by atoms with Crippen molar-refractivity contribution in [2.75, 3.05) is 6.54 Å². The zero-order valence-corrected chi connectivity index (χ0v) is 9.61. The largest absolute Gasteiger partial charge is 0.481 e. The van der Waals surface area contributed by atoms with E-state index in [-0.39, 0.29) is 12.5 Å². The highest BCUT2D eigenvalue weighted by Gasteiger charge is 2.21. The minimum atomic E-state index is -0.743. The second-order valence-electron chi connectivity index (χ2n) is 4.99. The van der Waals surface area contributed by atoms with Gasteiger partial charge in [0.1, 0.15) is 0 Å². The van der Waals surface area contributed by atoms with Crippen molar-refractivity contribution in [2.45, 2.75) is 45.4 Å². The summed E-state index contributed by atoms with van der Waals surface area (Å²) in [6, 6.07) is 0. The van der Waals surface area contributed by atoms with Gasteiger partial charge in [-0.3, -0.25) is 4.79 Å². The normalized spacial score (nSPS) is 20.7. The van der Waals surface area contributed by atoms with Gasteiger partial charge in [0.25, 0.3) is 0 Å². The molecule has 0 aromatic rings. The maximum absolute atomic E-state index is 10.8. The summed E-state index contributed by atoms with van der Waals surface area (Å²) in [5.41, 5.74) is 5.43. The van der Waals surface area contributed by atoms with Crippen LogP contribution in [0.4, 0.5) is 0 Å². The van der Waals surface area contributed by atoms with E-state index in [0.29, 0.717) is 5.92 Å². The number of nitrogens with two attached hydrogens (primary N) is 1. The summed E-state index contributed by atoms with van der Waals surface area (Å²) in [5, 5.41) is 8.88. The fraction of sp³-hybridized carbons (Fsp3) is 0.917. The molecule has 0 spiro atoms. The van der Waals surface area contributed by atoms with Crippen LogP contribution in [0, 0.1) is 17.8 Å². The highest BCUT2D eigenvalue weighted by Crippen LogP contribution is 2.32. The predicted molar refractivity (Wildman–Crippen MR) is 60.5 cm³/mol. The summed E-state index contributed by atoms with van der Waals surface area (Å²) < 4.78 is 0. The minimum absolute atomic E-state index is 0.267. The van der Waals surface area contributed by atoms with Gasteiger partial charge in [0, 0.05) is 6.54 Å². The number of hydrogen-bond donors (Lipinski definition) is 2. The summed E-state index contributed by atoms with van der Waals surface area (Å²) in [4.78, 5) is 10.8. The molecule has 0 aromatic carbocycles. The molecule has 3 N–H and O–H groups in total. The van der Waals surface area contributed by atoms with E-state index in [1.165, 1.54) is 25.7 Å². The van der Waals surface area contributed by atoms with Gasteiger partial charge in [0.05, 0.1) is 5.92 Å². The second kappa shape index (κ2) is 6.11. The van der Waals surface area contributed by atoms with E-state index in [4.69, 9.17) is 10.8 Å². The lowest BCUT2D eigenvalue weighted by Crippen LogP contribution is -2.25. The molecule has 0 amide bonds. The highest BCUT2D eigenvalue weighted by molar-refractivity contribution is 5.70. The Balaban J connectivity index is 2.15. The average Bonchev–Trinajstić information content (AvgIpc) is 2.11. The first-order valence-corrected chi connectivity index (χ1v) is 6.06. The van der Waals surface area contributed by atoms with Crippen LogP contribution in [-0.2, 0) is 4.79 Å². The average molecular weight is 213 g/mol. The van der Waals surface area contributed by atoms with E-state index in [2.05, 4.69) is 6.92 Å². The molecule has 0 saturated heterocycles. The Bertz CT molecular complexity index is 202. The molecule has 2 atom stereocenters. The molecule has 0 unspecified atom stereocenters. The predicted octanol–water partition coefficient (Wildman–Crippen LogP) is 2.25. The molecule has 3 heteroatoms. The third-order valence-corrected chi connectivity index (χ3v) is 3.61. The van der Waals surface area contributed by atoms with Crippen molar-refractivity contribution in [2.24, 2.45) is 23.5 Å². The molecular formula is C12H23NO2. The van der Waals surface area contributed by atoms with Gasteiger partial charge in [0.2, 0.25) is 0 Å². The third-order valence-electron chi connectivity index (χ3n) is 3.61. The number of hydrogen-bond acceptors (Lipinski definition) is 2. The van der Waals surface area contributed by atoms with Gasteiger partial charge >= 0.3 is 5.97 Å². The van der Waals surface area contributed by atoms with Gasteiger partial charge in [-0.2, -0.15) is 0 Å². The molecule has 0 radical (unpaired) electrons. The molecule has 0 aromatic heterocycles. The summed E-state index contributed by atoms with van der Waals surface area (Å²) in [6.07, 6.45) is 7.32. The zero-order chi connectivity index (χ0) is 11.3. The van der Waals surface area contributed by atoms with E-state index < -0.39 is 5.97 Å². The smallest absolute Gasteiger partial charge is 0.307 e. The fourth-order valence-corrected chi connectivity index (χ4v) is 2.20. The Morgan fingerprint density at radius 3 is 2.60 bits per heavy atom. The first kappa shape index (κ1) is 12.5. The lowest BCUT2D eigenvalue weighted by atomic mass is 9.79. The van der Waals surface area contributed by atoms with Crippen molar-refractivity contribution in [3.05, 3.63) is 0 Å². The SMILES string of the molecule is C[C@H](CCC1CCC1)C[C@H](CN)C(=O)O. The van der Waals surface area contributed by atoms with Crippen LogP contribution in [0.5, 0.6) is 0 Å². The van der Waals surface area contributed by atoms with Crippen LogP contribution in [0.3, 0.4) is 0 Å². The van der Waals surface area contributed by atoms with Gasteiger partial charge in [-0.15, -0.1) is 0 Å². The van der Waals surface area contributed by atoms with Gasteiger partial charge in [0.15, 0.2) is 0 Å². The Labute approximate surface area is 92.0 Å². The molecule has 88 valence electrons. The Morgan fingerprint density at radius 2 is 2.20 bits per heavy atom. The standard InChI is InChI=1S/C12H23NO2/c1-9(5-6-10-3-2-4-10)7-11(8-13)12(14)15/h9-11H,2-8,13H2,1H3,(H,14,15)/t9-,11-/m1/s1. The van der Waals surface area contributed by atoms with Crippen molar-refractivity contribution in [1.82, 2.24) is 0 Å². The van der Waals surface area contributed by atoms with Crippen LogP contribution in [0.2, 0.25) is 0 Å². The molecule has 15 heavy (non-hydrogen) atoms. The monoisotopic (exact) mass is 213 g/mol. The summed E-state index contributed by atoms with van der Waals surface area (Å²) in [6.45, 7) is 2.41. The second-order valence-corrected chi connectivity index (χ2v) is 4.99. The summed E-state index contributed by atoms with van der Waals surface area (Å²) in [5.74, 6) is 0.332. The Morgan fingerprint density at radius 1 is 1.53 bits per heavy atom. The Kier molecular flexibility index (Phi) is 5.09. The van der Waals surface area contributed by atoms with Crippen molar-refractivity contribution in [1.29, 1.82) is 0 Å². The van der Waals surface area contributed by atoms with E-state index in [1.807, 2.05) is 0 Å². The molecule has 0 aliphatic heterocycles. The summed E-state index contributed by atoms with van der Waals surface area (Å²) >= 11 is 0. The molecular weight excluding hydrogens is 190 g/mol. The first-order valence-electron chi connectivity index (χ1n) is 6.06. The van der Waals surface area contributed by atoms with Crippen LogP contribution >= 0.6 is 0 Å². The van der Waals surface area contributed by atoms with Crippen LogP contribution in [0.25, 0.3) is 0 Å². The molecule has 3 nitrogen and oxygen atoms in total.